The lowest BCUT2D eigenvalue weighted by atomic mass is 9.84. The zero-order valence-corrected chi connectivity index (χ0v) is 15.7. The number of pyridine rings is 1. The fourth-order valence-electron chi connectivity index (χ4n) is 2.57. The monoisotopic (exact) mass is 345 g/mol. The predicted octanol–water partition coefficient (Wildman–Crippen LogP) is 2.59. The molecule has 0 spiro atoms. The Labute approximate surface area is 148 Å². The standard InChI is InChI=1S/C19H27N3O3/c1-11-7-15(17(23)22-20)21-16-13(11)8-12(25-10-19(5,6)24)9-14(16)18(2,3)4/h7-9,24H,10,20H2,1-6H3,(H,22,23). The van der Waals surface area contributed by atoms with E-state index >= 15 is 0 Å². The van der Waals surface area contributed by atoms with E-state index in [1.807, 2.05) is 19.1 Å². The number of benzene rings is 1. The van der Waals surface area contributed by atoms with Crippen LogP contribution < -0.4 is 16.0 Å². The van der Waals surface area contributed by atoms with Crippen LogP contribution in [-0.2, 0) is 5.41 Å². The zero-order chi connectivity index (χ0) is 19.0. The molecule has 1 aromatic heterocycles. The lowest BCUT2D eigenvalue weighted by Gasteiger charge is -2.24. The number of nitrogens with zero attached hydrogens (tertiary/aromatic N) is 1. The maximum Gasteiger partial charge on any atom is 0.283 e. The molecule has 1 amide bonds. The molecule has 0 unspecified atom stereocenters. The third-order valence-electron chi connectivity index (χ3n) is 3.86. The number of hydrogen-bond donors (Lipinski definition) is 3. The summed E-state index contributed by atoms with van der Waals surface area (Å²) in [5, 5.41) is 10.8. The summed E-state index contributed by atoms with van der Waals surface area (Å²) in [5.41, 5.74) is 3.90. The van der Waals surface area contributed by atoms with E-state index in [1.54, 1.807) is 19.9 Å². The Morgan fingerprint density at radius 3 is 2.40 bits per heavy atom. The Balaban J connectivity index is 2.67. The van der Waals surface area contributed by atoms with Crippen LogP contribution in [-0.4, -0.2) is 28.2 Å². The van der Waals surface area contributed by atoms with Gasteiger partial charge in [0.25, 0.3) is 5.91 Å². The molecule has 0 radical (unpaired) electrons. The summed E-state index contributed by atoms with van der Waals surface area (Å²) >= 11 is 0. The van der Waals surface area contributed by atoms with Crippen molar-refractivity contribution in [2.45, 2.75) is 52.6 Å². The SMILES string of the molecule is Cc1cc(C(=O)NN)nc2c(C(C)(C)C)cc(OCC(C)(C)O)cc12. The van der Waals surface area contributed by atoms with Gasteiger partial charge in [0.15, 0.2) is 0 Å². The van der Waals surface area contributed by atoms with E-state index in [-0.39, 0.29) is 17.7 Å². The highest BCUT2D eigenvalue weighted by molar-refractivity contribution is 5.96. The first kappa shape index (κ1) is 19.1. The van der Waals surface area contributed by atoms with Gasteiger partial charge in [-0.3, -0.25) is 10.2 Å². The number of fused-ring (bicyclic) bond motifs is 1. The second kappa shape index (κ2) is 6.61. The van der Waals surface area contributed by atoms with Crippen LogP contribution in [0.4, 0.5) is 0 Å². The minimum absolute atomic E-state index is 0.183. The first-order valence-corrected chi connectivity index (χ1v) is 8.24. The van der Waals surface area contributed by atoms with E-state index in [9.17, 15) is 9.90 Å². The van der Waals surface area contributed by atoms with Crippen LogP contribution in [0.5, 0.6) is 5.75 Å². The number of nitrogens with one attached hydrogen (secondary N) is 1. The van der Waals surface area contributed by atoms with Crippen molar-refractivity contribution in [2.24, 2.45) is 5.84 Å². The number of amides is 1. The van der Waals surface area contributed by atoms with Crippen LogP contribution in [0.2, 0.25) is 0 Å². The molecule has 0 fully saturated rings. The van der Waals surface area contributed by atoms with Gasteiger partial charge in [0.1, 0.15) is 18.1 Å². The zero-order valence-electron chi connectivity index (χ0n) is 15.7. The minimum Gasteiger partial charge on any atom is -0.491 e. The Bertz CT molecular complexity index is 802. The molecular weight excluding hydrogens is 318 g/mol. The molecule has 0 bridgehead atoms. The second-order valence-corrected chi connectivity index (χ2v) is 8.02. The molecule has 0 saturated carbocycles. The van der Waals surface area contributed by atoms with E-state index in [0.717, 1.165) is 22.0 Å². The fourth-order valence-corrected chi connectivity index (χ4v) is 2.57. The predicted molar refractivity (Wildman–Crippen MR) is 98.6 cm³/mol. The second-order valence-electron chi connectivity index (χ2n) is 8.02. The number of nitrogens with two attached hydrogens (primary N) is 1. The molecule has 0 saturated heterocycles. The molecule has 2 rings (SSSR count). The lowest BCUT2D eigenvalue weighted by molar-refractivity contribution is 0.0285. The van der Waals surface area contributed by atoms with E-state index in [0.29, 0.717) is 5.75 Å². The van der Waals surface area contributed by atoms with E-state index in [2.05, 4.69) is 31.2 Å². The molecule has 6 heteroatoms. The van der Waals surface area contributed by atoms with Crippen molar-refractivity contribution in [2.75, 3.05) is 6.61 Å². The van der Waals surface area contributed by atoms with E-state index in [1.165, 1.54) is 0 Å². The van der Waals surface area contributed by atoms with Gasteiger partial charge < -0.3 is 9.84 Å². The molecular formula is C19H27N3O3. The first-order chi connectivity index (χ1) is 11.4. The molecule has 1 aromatic carbocycles. The number of hydrazine groups is 1. The summed E-state index contributed by atoms with van der Waals surface area (Å²) in [7, 11) is 0. The summed E-state index contributed by atoms with van der Waals surface area (Å²) < 4.78 is 5.79. The summed E-state index contributed by atoms with van der Waals surface area (Å²) in [5.74, 6) is 5.49. The van der Waals surface area contributed by atoms with Gasteiger partial charge in [-0.05, 0) is 55.5 Å². The molecule has 0 aliphatic rings. The van der Waals surface area contributed by atoms with Gasteiger partial charge in [-0.2, -0.15) is 0 Å². The summed E-state index contributed by atoms with van der Waals surface area (Å²) in [6, 6.07) is 5.52. The first-order valence-electron chi connectivity index (χ1n) is 8.24. The van der Waals surface area contributed by atoms with Crippen LogP contribution in [0.15, 0.2) is 18.2 Å². The van der Waals surface area contributed by atoms with Gasteiger partial charge in [-0.25, -0.2) is 10.8 Å². The Morgan fingerprint density at radius 1 is 1.24 bits per heavy atom. The Kier molecular flexibility index (Phi) is 5.06. The molecule has 1 heterocycles. The molecule has 2 aromatic rings. The van der Waals surface area contributed by atoms with Gasteiger partial charge in [-0.1, -0.05) is 20.8 Å². The number of aryl methyl sites for hydroxylation is 1. The van der Waals surface area contributed by atoms with Crippen molar-refractivity contribution < 1.29 is 14.6 Å². The number of carbonyl (C=O) groups is 1. The topological polar surface area (TPSA) is 97.5 Å². The maximum atomic E-state index is 11.9. The minimum atomic E-state index is -0.923. The van der Waals surface area contributed by atoms with E-state index in [4.69, 9.17) is 10.6 Å². The highest BCUT2D eigenvalue weighted by Crippen LogP contribution is 2.34. The van der Waals surface area contributed by atoms with Gasteiger partial charge >= 0.3 is 0 Å². The smallest absolute Gasteiger partial charge is 0.283 e. The molecule has 25 heavy (non-hydrogen) atoms. The number of aliphatic hydroxyl groups is 1. The summed E-state index contributed by atoms with van der Waals surface area (Å²) in [6.07, 6.45) is 0. The highest BCUT2D eigenvalue weighted by atomic mass is 16.5. The third kappa shape index (κ3) is 4.46. The fraction of sp³-hybridized carbons (Fsp3) is 0.474. The normalized spacial score (nSPS) is 12.3. The molecule has 0 atom stereocenters. The van der Waals surface area contributed by atoms with Crippen molar-refractivity contribution in [3.05, 3.63) is 35.0 Å². The van der Waals surface area contributed by atoms with Gasteiger partial charge in [-0.15, -0.1) is 0 Å². The van der Waals surface area contributed by atoms with Gasteiger partial charge in [0.05, 0.1) is 11.1 Å². The van der Waals surface area contributed by atoms with Crippen LogP contribution in [0.1, 0.15) is 56.2 Å². The quantitative estimate of drug-likeness (QED) is 0.449. The number of aromatic nitrogens is 1. The number of nitrogen functional groups attached to an aromatic ring is 1. The molecule has 0 aliphatic carbocycles. The van der Waals surface area contributed by atoms with Crippen LogP contribution >= 0.6 is 0 Å². The summed E-state index contributed by atoms with van der Waals surface area (Å²) in [6.45, 7) is 11.7. The number of hydrogen-bond acceptors (Lipinski definition) is 5. The third-order valence-corrected chi connectivity index (χ3v) is 3.86. The van der Waals surface area contributed by atoms with Crippen LogP contribution in [0.3, 0.4) is 0 Å². The Morgan fingerprint density at radius 2 is 1.88 bits per heavy atom. The molecule has 136 valence electrons. The maximum absolute atomic E-state index is 11.9. The van der Waals surface area contributed by atoms with Crippen molar-refractivity contribution in [3.63, 3.8) is 0 Å². The average Bonchev–Trinajstić information content (AvgIpc) is 2.50. The summed E-state index contributed by atoms with van der Waals surface area (Å²) in [4.78, 5) is 16.4. The molecule has 6 nitrogen and oxygen atoms in total. The van der Waals surface area contributed by atoms with Crippen molar-refractivity contribution in [1.29, 1.82) is 0 Å². The van der Waals surface area contributed by atoms with Crippen LogP contribution in [0.25, 0.3) is 10.9 Å². The lowest BCUT2D eigenvalue weighted by Crippen LogP contribution is -2.31. The Hall–Kier alpha value is -2.18. The highest BCUT2D eigenvalue weighted by Gasteiger charge is 2.22. The van der Waals surface area contributed by atoms with Crippen LogP contribution in [0, 0.1) is 6.92 Å². The number of rotatable bonds is 4. The number of ether oxygens (including phenoxy) is 1. The largest absolute Gasteiger partial charge is 0.491 e. The molecule has 4 N–H and O–H groups in total. The van der Waals surface area contributed by atoms with Crippen molar-refractivity contribution >= 4 is 16.8 Å². The van der Waals surface area contributed by atoms with Crippen molar-refractivity contribution in [1.82, 2.24) is 10.4 Å². The van der Waals surface area contributed by atoms with Gasteiger partial charge in [0.2, 0.25) is 0 Å². The molecule has 0 aliphatic heterocycles. The number of carbonyl (C=O) groups excluding carboxylic acids is 1. The average molecular weight is 345 g/mol. The van der Waals surface area contributed by atoms with Crippen molar-refractivity contribution in [3.8, 4) is 5.75 Å². The van der Waals surface area contributed by atoms with E-state index < -0.39 is 11.5 Å². The van der Waals surface area contributed by atoms with Gasteiger partial charge in [0, 0.05) is 5.39 Å².